The standard InChI is InChI=1S/C19H19NO3S2/c1-14-5-11-17(12-6-14)25(21,22)20-19(18-4-3-13-24-18)15-7-9-16(23-2)10-8-15/h3-13,19-20H,1-2H3/t19-/m1/s1. The first-order valence-corrected chi connectivity index (χ1v) is 10.1. The molecule has 2 aromatic carbocycles. The molecule has 4 nitrogen and oxygen atoms in total. The van der Waals surface area contributed by atoms with Gasteiger partial charge in [-0.2, -0.15) is 4.72 Å². The third-order valence-electron chi connectivity index (χ3n) is 3.88. The van der Waals surface area contributed by atoms with Crippen LogP contribution in [-0.2, 0) is 10.0 Å². The van der Waals surface area contributed by atoms with E-state index in [0.717, 1.165) is 21.8 Å². The van der Waals surface area contributed by atoms with Crippen molar-refractivity contribution < 1.29 is 13.2 Å². The minimum atomic E-state index is -3.64. The van der Waals surface area contributed by atoms with Crippen molar-refractivity contribution in [3.8, 4) is 5.75 Å². The van der Waals surface area contributed by atoms with Crippen LogP contribution in [-0.4, -0.2) is 15.5 Å². The normalized spacial score (nSPS) is 12.7. The summed E-state index contributed by atoms with van der Waals surface area (Å²) in [6.07, 6.45) is 0. The molecule has 25 heavy (non-hydrogen) atoms. The molecule has 3 aromatic rings. The van der Waals surface area contributed by atoms with Gasteiger partial charge in [0.1, 0.15) is 5.75 Å². The van der Waals surface area contributed by atoms with E-state index >= 15 is 0 Å². The van der Waals surface area contributed by atoms with Gasteiger partial charge in [-0.1, -0.05) is 35.9 Å². The third kappa shape index (κ3) is 4.10. The van der Waals surface area contributed by atoms with Crippen LogP contribution in [0.25, 0.3) is 0 Å². The lowest BCUT2D eigenvalue weighted by Gasteiger charge is -2.18. The molecule has 0 aliphatic carbocycles. The van der Waals surface area contributed by atoms with E-state index in [4.69, 9.17) is 4.74 Å². The van der Waals surface area contributed by atoms with Gasteiger partial charge in [-0.3, -0.25) is 0 Å². The molecule has 1 atom stereocenters. The lowest BCUT2D eigenvalue weighted by molar-refractivity contribution is 0.414. The van der Waals surface area contributed by atoms with Crippen molar-refractivity contribution >= 4 is 21.4 Å². The summed E-state index contributed by atoms with van der Waals surface area (Å²) in [7, 11) is -2.04. The molecular weight excluding hydrogens is 354 g/mol. The Morgan fingerprint density at radius 3 is 2.24 bits per heavy atom. The molecule has 6 heteroatoms. The zero-order chi connectivity index (χ0) is 17.9. The van der Waals surface area contributed by atoms with Crippen molar-refractivity contribution in [2.75, 3.05) is 7.11 Å². The second-order valence-corrected chi connectivity index (χ2v) is 8.35. The van der Waals surface area contributed by atoms with Gasteiger partial charge in [-0.25, -0.2) is 8.42 Å². The summed E-state index contributed by atoms with van der Waals surface area (Å²) in [4.78, 5) is 1.19. The zero-order valence-electron chi connectivity index (χ0n) is 14.0. The molecule has 130 valence electrons. The van der Waals surface area contributed by atoms with Gasteiger partial charge in [-0.15, -0.1) is 11.3 Å². The van der Waals surface area contributed by atoms with E-state index in [9.17, 15) is 8.42 Å². The highest BCUT2D eigenvalue weighted by atomic mass is 32.2. The van der Waals surface area contributed by atoms with E-state index < -0.39 is 16.1 Å². The van der Waals surface area contributed by atoms with Crippen molar-refractivity contribution in [1.82, 2.24) is 4.72 Å². The van der Waals surface area contributed by atoms with E-state index in [1.807, 2.05) is 48.7 Å². The van der Waals surface area contributed by atoms with Crippen LogP contribution in [0.15, 0.2) is 70.9 Å². The molecule has 0 saturated heterocycles. The Kier molecular flexibility index (Phi) is 5.22. The fourth-order valence-corrected chi connectivity index (χ4v) is 4.56. The quantitative estimate of drug-likeness (QED) is 0.707. The van der Waals surface area contributed by atoms with Crippen LogP contribution < -0.4 is 9.46 Å². The largest absolute Gasteiger partial charge is 0.497 e. The number of rotatable bonds is 6. The Labute approximate surface area is 152 Å². The molecule has 3 rings (SSSR count). The van der Waals surface area contributed by atoms with Crippen LogP contribution in [0.3, 0.4) is 0 Å². The van der Waals surface area contributed by atoms with E-state index in [-0.39, 0.29) is 4.90 Å². The van der Waals surface area contributed by atoms with Crippen molar-refractivity contribution in [3.63, 3.8) is 0 Å². The van der Waals surface area contributed by atoms with E-state index in [1.54, 1.807) is 31.4 Å². The number of hydrogen-bond donors (Lipinski definition) is 1. The average Bonchev–Trinajstić information content (AvgIpc) is 3.15. The predicted octanol–water partition coefficient (Wildman–Crippen LogP) is 4.13. The van der Waals surface area contributed by atoms with Crippen LogP contribution in [0.4, 0.5) is 0 Å². The summed E-state index contributed by atoms with van der Waals surface area (Å²) in [5, 5.41) is 1.94. The Morgan fingerprint density at radius 2 is 1.68 bits per heavy atom. The first kappa shape index (κ1) is 17.7. The summed E-state index contributed by atoms with van der Waals surface area (Å²) < 4.78 is 33.6. The van der Waals surface area contributed by atoms with Crippen LogP contribution in [0.1, 0.15) is 22.0 Å². The van der Waals surface area contributed by atoms with Crippen molar-refractivity contribution in [2.45, 2.75) is 17.9 Å². The number of sulfonamides is 1. The summed E-state index contributed by atoms with van der Waals surface area (Å²) in [5.74, 6) is 0.732. The Balaban J connectivity index is 1.96. The monoisotopic (exact) mass is 373 g/mol. The van der Waals surface area contributed by atoms with Crippen LogP contribution >= 0.6 is 11.3 Å². The van der Waals surface area contributed by atoms with Gasteiger partial charge in [0.15, 0.2) is 0 Å². The average molecular weight is 373 g/mol. The Bertz CT molecular complexity index is 916. The summed E-state index contributed by atoms with van der Waals surface area (Å²) in [6.45, 7) is 1.93. The SMILES string of the molecule is COc1ccc([C@@H](NS(=O)(=O)c2ccc(C)cc2)c2cccs2)cc1. The smallest absolute Gasteiger partial charge is 0.241 e. The van der Waals surface area contributed by atoms with E-state index in [0.29, 0.717) is 0 Å². The molecule has 0 amide bonds. The highest BCUT2D eigenvalue weighted by Gasteiger charge is 2.23. The maximum Gasteiger partial charge on any atom is 0.241 e. The zero-order valence-corrected chi connectivity index (χ0v) is 15.6. The number of thiophene rings is 1. The Morgan fingerprint density at radius 1 is 1.00 bits per heavy atom. The van der Waals surface area contributed by atoms with Gasteiger partial charge in [0.25, 0.3) is 0 Å². The van der Waals surface area contributed by atoms with Gasteiger partial charge in [-0.05, 0) is 48.2 Å². The number of aryl methyl sites for hydroxylation is 1. The van der Waals surface area contributed by atoms with Crippen molar-refractivity contribution in [3.05, 3.63) is 82.0 Å². The minimum Gasteiger partial charge on any atom is -0.497 e. The van der Waals surface area contributed by atoms with Gasteiger partial charge in [0, 0.05) is 4.88 Å². The van der Waals surface area contributed by atoms with Gasteiger partial charge in [0.05, 0.1) is 18.0 Å². The summed E-state index contributed by atoms with van der Waals surface area (Å²) in [6, 6.07) is 17.6. The van der Waals surface area contributed by atoms with Gasteiger partial charge >= 0.3 is 0 Å². The fourth-order valence-electron chi connectivity index (χ4n) is 2.48. The molecular formula is C19H19NO3S2. The lowest BCUT2D eigenvalue weighted by Crippen LogP contribution is -2.29. The molecule has 0 aliphatic heterocycles. The Hall–Kier alpha value is -2.15. The minimum absolute atomic E-state index is 0.258. The molecule has 0 saturated carbocycles. The predicted molar refractivity (Wildman–Crippen MR) is 101 cm³/mol. The number of nitrogens with one attached hydrogen (secondary N) is 1. The third-order valence-corrected chi connectivity index (χ3v) is 6.26. The molecule has 0 spiro atoms. The van der Waals surface area contributed by atoms with Crippen LogP contribution in [0.2, 0.25) is 0 Å². The molecule has 0 radical (unpaired) electrons. The molecule has 0 unspecified atom stereocenters. The van der Waals surface area contributed by atoms with Gasteiger partial charge in [0.2, 0.25) is 10.0 Å². The second kappa shape index (κ2) is 7.39. The van der Waals surface area contributed by atoms with Gasteiger partial charge < -0.3 is 4.74 Å². The number of ether oxygens (including phenoxy) is 1. The molecule has 0 bridgehead atoms. The van der Waals surface area contributed by atoms with Crippen LogP contribution in [0.5, 0.6) is 5.75 Å². The summed E-state index contributed by atoms with van der Waals surface area (Å²) >= 11 is 1.52. The van der Waals surface area contributed by atoms with E-state index in [1.165, 1.54) is 11.3 Å². The summed E-state index contributed by atoms with van der Waals surface area (Å²) in [5.41, 5.74) is 1.88. The highest BCUT2D eigenvalue weighted by Crippen LogP contribution is 2.29. The molecule has 1 N–H and O–H groups in total. The van der Waals surface area contributed by atoms with E-state index in [2.05, 4.69) is 4.72 Å². The maximum absolute atomic E-state index is 12.8. The van der Waals surface area contributed by atoms with Crippen LogP contribution in [0, 0.1) is 6.92 Å². The molecule has 0 fully saturated rings. The number of benzene rings is 2. The first-order valence-electron chi connectivity index (χ1n) is 7.76. The molecule has 0 aliphatic rings. The lowest BCUT2D eigenvalue weighted by atomic mass is 10.1. The number of methoxy groups -OCH3 is 1. The fraction of sp³-hybridized carbons (Fsp3) is 0.158. The number of hydrogen-bond acceptors (Lipinski definition) is 4. The molecule has 1 aromatic heterocycles. The van der Waals surface area contributed by atoms with Crippen molar-refractivity contribution in [1.29, 1.82) is 0 Å². The second-order valence-electron chi connectivity index (χ2n) is 5.66. The molecule has 1 heterocycles. The van der Waals surface area contributed by atoms with Crippen molar-refractivity contribution in [2.24, 2.45) is 0 Å². The maximum atomic E-state index is 12.8. The topological polar surface area (TPSA) is 55.4 Å². The highest BCUT2D eigenvalue weighted by molar-refractivity contribution is 7.89. The first-order chi connectivity index (χ1) is 12.0.